The second-order valence-electron chi connectivity index (χ2n) is 6.10. The summed E-state index contributed by atoms with van der Waals surface area (Å²) >= 11 is 0. The fourth-order valence-corrected chi connectivity index (χ4v) is 4.85. The van der Waals surface area contributed by atoms with E-state index in [1.54, 1.807) is 6.20 Å². The third-order valence-electron chi connectivity index (χ3n) is 4.63. The Balaban J connectivity index is 1.91. The van der Waals surface area contributed by atoms with Crippen LogP contribution in [0, 0.1) is 11.2 Å². The monoisotopic (exact) mass is 354 g/mol. The topological polar surface area (TPSA) is 75.7 Å². The summed E-state index contributed by atoms with van der Waals surface area (Å²) in [6.07, 6.45) is 5.14. The highest BCUT2D eigenvalue weighted by atomic mass is 32.2. The number of methoxy groups -OCH3 is 1. The third kappa shape index (κ3) is 2.80. The first kappa shape index (κ1) is 16.9. The first-order chi connectivity index (χ1) is 11.4. The Labute approximate surface area is 140 Å². The van der Waals surface area contributed by atoms with Crippen LogP contribution in [0.25, 0.3) is 0 Å². The van der Waals surface area contributed by atoms with E-state index >= 15 is 0 Å². The zero-order valence-corrected chi connectivity index (χ0v) is 14.1. The van der Waals surface area contributed by atoms with Gasteiger partial charge >= 0.3 is 0 Å². The summed E-state index contributed by atoms with van der Waals surface area (Å²) in [7, 11) is -2.56. The second kappa shape index (κ2) is 6.18. The highest BCUT2D eigenvalue weighted by molar-refractivity contribution is 7.89. The summed E-state index contributed by atoms with van der Waals surface area (Å²) in [5.74, 6) is -0.907. The SMILES string of the molecule is COc1ccc(S(=O)(=O)N2CCC[C@@]3(CC=CNC3=O)C2)cc1F. The Morgan fingerprint density at radius 3 is 2.83 bits per heavy atom. The Hall–Kier alpha value is -1.93. The van der Waals surface area contributed by atoms with Crippen molar-refractivity contribution in [2.24, 2.45) is 5.41 Å². The molecule has 24 heavy (non-hydrogen) atoms. The Bertz CT molecular complexity index is 793. The van der Waals surface area contributed by atoms with Gasteiger partial charge in [0.1, 0.15) is 0 Å². The number of allylic oxidation sites excluding steroid dienone is 1. The first-order valence-electron chi connectivity index (χ1n) is 7.69. The van der Waals surface area contributed by atoms with Gasteiger partial charge in [0.15, 0.2) is 11.6 Å². The lowest BCUT2D eigenvalue weighted by atomic mass is 9.76. The van der Waals surface area contributed by atoms with Crippen LogP contribution in [0.3, 0.4) is 0 Å². The molecular formula is C16H19FN2O4S. The highest BCUT2D eigenvalue weighted by Gasteiger charge is 2.45. The molecule has 0 aromatic heterocycles. The van der Waals surface area contributed by atoms with Gasteiger partial charge in [-0.2, -0.15) is 4.31 Å². The average molecular weight is 354 g/mol. The van der Waals surface area contributed by atoms with E-state index in [9.17, 15) is 17.6 Å². The molecule has 0 radical (unpaired) electrons. The van der Waals surface area contributed by atoms with E-state index in [-0.39, 0.29) is 23.1 Å². The number of piperidine rings is 1. The Morgan fingerprint density at radius 2 is 2.17 bits per heavy atom. The molecule has 1 amide bonds. The number of amides is 1. The number of rotatable bonds is 3. The molecule has 0 aliphatic carbocycles. The van der Waals surface area contributed by atoms with E-state index in [1.807, 2.05) is 6.08 Å². The molecule has 1 aromatic rings. The summed E-state index contributed by atoms with van der Waals surface area (Å²) in [5, 5.41) is 2.66. The fraction of sp³-hybridized carbons (Fsp3) is 0.438. The maximum Gasteiger partial charge on any atom is 0.243 e. The summed E-state index contributed by atoms with van der Waals surface area (Å²) in [5.41, 5.74) is -0.745. The van der Waals surface area contributed by atoms with Crippen LogP contribution in [-0.2, 0) is 14.8 Å². The molecule has 3 rings (SSSR count). The molecule has 0 unspecified atom stereocenters. The number of nitrogens with zero attached hydrogens (tertiary/aromatic N) is 1. The molecule has 6 nitrogen and oxygen atoms in total. The Kier molecular flexibility index (Phi) is 4.35. The molecule has 2 heterocycles. The van der Waals surface area contributed by atoms with Gasteiger partial charge in [-0.05, 0) is 43.7 Å². The molecule has 2 aliphatic heterocycles. The number of ether oxygens (including phenoxy) is 1. The van der Waals surface area contributed by atoms with Gasteiger partial charge in [0.05, 0.1) is 17.4 Å². The smallest absolute Gasteiger partial charge is 0.243 e. The summed E-state index contributed by atoms with van der Waals surface area (Å²) in [4.78, 5) is 12.1. The quantitative estimate of drug-likeness (QED) is 0.895. The molecule has 0 saturated carbocycles. The van der Waals surface area contributed by atoms with Crippen molar-refractivity contribution in [2.75, 3.05) is 20.2 Å². The van der Waals surface area contributed by atoms with Gasteiger partial charge in [0.25, 0.3) is 0 Å². The first-order valence-corrected chi connectivity index (χ1v) is 9.13. The summed E-state index contributed by atoms with van der Waals surface area (Å²) in [6, 6.07) is 3.56. The van der Waals surface area contributed by atoms with Crippen LogP contribution in [0.5, 0.6) is 5.75 Å². The largest absolute Gasteiger partial charge is 0.494 e. The normalized spacial score (nSPS) is 24.8. The highest BCUT2D eigenvalue weighted by Crippen LogP contribution is 2.38. The zero-order valence-electron chi connectivity index (χ0n) is 13.3. The van der Waals surface area contributed by atoms with Crippen LogP contribution < -0.4 is 10.1 Å². The van der Waals surface area contributed by atoms with Crippen LogP contribution >= 0.6 is 0 Å². The molecule has 1 atom stereocenters. The van der Waals surface area contributed by atoms with Gasteiger partial charge in [-0.25, -0.2) is 12.8 Å². The van der Waals surface area contributed by atoms with Crippen molar-refractivity contribution in [1.82, 2.24) is 9.62 Å². The summed E-state index contributed by atoms with van der Waals surface area (Å²) < 4.78 is 45.7. The number of carbonyl (C=O) groups excluding carboxylic acids is 1. The number of sulfonamides is 1. The number of halogens is 1. The van der Waals surface area contributed by atoms with Crippen molar-refractivity contribution < 1.29 is 22.3 Å². The lowest BCUT2D eigenvalue weighted by molar-refractivity contribution is -0.132. The van der Waals surface area contributed by atoms with Crippen molar-refractivity contribution in [1.29, 1.82) is 0 Å². The van der Waals surface area contributed by atoms with Crippen molar-refractivity contribution in [3.63, 3.8) is 0 Å². The molecule has 1 aromatic carbocycles. The van der Waals surface area contributed by atoms with E-state index in [2.05, 4.69) is 5.32 Å². The molecule has 8 heteroatoms. The maximum atomic E-state index is 13.9. The second-order valence-corrected chi connectivity index (χ2v) is 8.04. The van der Waals surface area contributed by atoms with Crippen molar-refractivity contribution >= 4 is 15.9 Å². The molecule has 1 fully saturated rings. The number of hydrogen-bond acceptors (Lipinski definition) is 4. The van der Waals surface area contributed by atoms with Crippen LogP contribution in [0.1, 0.15) is 19.3 Å². The predicted molar refractivity (Wildman–Crippen MR) is 85.3 cm³/mol. The van der Waals surface area contributed by atoms with Crippen LogP contribution in [0.4, 0.5) is 4.39 Å². The fourth-order valence-electron chi connectivity index (χ4n) is 3.27. The third-order valence-corrected chi connectivity index (χ3v) is 6.47. The standard InChI is InChI=1S/C16H19FN2O4S/c1-23-14-5-4-12(10-13(14)17)24(21,22)19-9-3-7-16(11-19)6-2-8-18-15(16)20/h2,4-5,8,10H,3,6-7,9,11H2,1H3,(H,18,20)/t16-/m0/s1. The molecule has 2 aliphatic rings. The molecule has 1 saturated heterocycles. The van der Waals surface area contributed by atoms with E-state index < -0.39 is 21.3 Å². The number of carbonyl (C=O) groups is 1. The molecular weight excluding hydrogens is 335 g/mol. The van der Waals surface area contributed by atoms with E-state index in [0.717, 1.165) is 6.07 Å². The molecule has 130 valence electrons. The molecule has 0 bridgehead atoms. The predicted octanol–water partition coefficient (Wildman–Crippen LogP) is 1.64. The van der Waals surface area contributed by atoms with E-state index in [0.29, 0.717) is 25.8 Å². The van der Waals surface area contributed by atoms with Crippen LogP contribution in [0.15, 0.2) is 35.4 Å². The average Bonchev–Trinajstić information content (AvgIpc) is 2.58. The number of nitrogens with one attached hydrogen (secondary N) is 1. The number of hydrogen-bond donors (Lipinski definition) is 1. The lowest BCUT2D eigenvalue weighted by Gasteiger charge is -2.41. The van der Waals surface area contributed by atoms with E-state index in [4.69, 9.17) is 4.74 Å². The van der Waals surface area contributed by atoms with Gasteiger partial charge in [-0.1, -0.05) is 6.08 Å². The van der Waals surface area contributed by atoms with Crippen LogP contribution in [-0.4, -0.2) is 38.8 Å². The maximum absolute atomic E-state index is 13.9. The van der Waals surface area contributed by atoms with Crippen molar-refractivity contribution in [3.8, 4) is 5.75 Å². The van der Waals surface area contributed by atoms with Crippen LogP contribution in [0.2, 0.25) is 0 Å². The minimum Gasteiger partial charge on any atom is -0.494 e. The van der Waals surface area contributed by atoms with Gasteiger partial charge < -0.3 is 10.1 Å². The van der Waals surface area contributed by atoms with E-state index in [1.165, 1.54) is 23.5 Å². The van der Waals surface area contributed by atoms with Gasteiger partial charge in [-0.15, -0.1) is 0 Å². The van der Waals surface area contributed by atoms with Gasteiger partial charge in [0, 0.05) is 13.1 Å². The minimum absolute atomic E-state index is 0.0131. The van der Waals surface area contributed by atoms with Gasteiger partial charge in [-0.3, -0.25) is 4.79 Å². The lowest BCUT2D eigenvalue weighted by Crippen LogP contribution is -2.53. The molecule has 1 N–H and O–H groups in total. The molecule has 1 spiro atoms. The number of benzene rings is 1. The zero-order chi connectivity index (χ0) is 17.4. The van der Waals surface area contributed by atoms with Gasteiger partial charge in [0.2, 0.25) is 15.9 Å². The van der Waals surface area contributed by atoms with Crippen molar-refractivity contribution in [2.45, 2.75) is 24.2 Å². The minimum atomic E-state index is -3.87. The van der Waals surface area contributed by atoms with Crippen molar-refractivity contribution in [3.05, 3.63) is 36.3 Å². The summed E-state index contributed by atoms with van der Waals surface area (Å²) in [6.45, 7) is 0.411. The Morgan fingerprint density at radius 1 is 1.38 bits per heavy atom.